The number of anilines is 3. The third-order valence-electron chi connectivity index (χ3n) is 5.14. The van der Waals surface area contributed by atoms with Gasteiger partial charge in [0.2, 0.25) is 5.95 Å². The number of nitrogens with zero attached hydrogens (tertiary/aromatic N) is 2. The molecule has 2 aromatic carbocycles. The Bertz CT molecular complexity index is 1410. The van der Waals surface area contributed by atoms with Gasteiger partial charge in [0.15, 0.2) is 9.84 Å². The van der Waals surface area contributed by atoms with E-state index in [2.05, 4.69) is 25.6 Å². The molecule has 0 aliphatic heterocycles. The molecule has 2 aromatic heterocycles. The van der Waals surface area contributed by atoms with Crippen molar-refractivity contribution in [2.45, 2.75) is 16.6 Å². The van der Waals surface area contributed by atoms with Gasteiger partial charge in [-0.3, -0.25) is 14.6 Å². The van der Waals surface area contributed by atoms with Crippen molar-refractivity contribution >= 4 is 39.0 Å². The third kappa shape index (κ3) is 5.71. The lowest BCUT2D eigenvalue weighted by molar-refractivity contribution is -0.137. The quantitative estimate of drug-likeness (QED) is 0.276. The fourth-order valence-corrected chi connectivity index (χ4v) is 5.11. The van der Waals surface area contributed by atoms with E-state index >= 15 is 0 Å². The number of aromatic amines is 1. The number of aromatic nitrogens is 3. The highest BCUT2D eigenvalue weighted by molar-refractivity contribution is 7.91. The van der Waals surface area contributed by atoms with Crippen LogP contribution >= 0.6 is 0 Å². The van der Waals surface area contributed by atoms with E-state index in [1.807, 2.05) is 0 Å². The summed E-state index contributed by atoms with van der Waals surface area (Å²) in [4.78, 5) is 34.8. The molecule has 178 valence electrons. The Labute approximate surface area is 201 Å². The van der Waals surface area contributed by atoms with Crippen molar-refractivity contribution < 1.29 is 23.1 Å². The van der Waals surface area contributed by atoms with E-state index in [-0.39, 0.29) is 16.4 Å². The minimum Gasteiger partial charge on any atom is -0.481 e. The van der Waals surface area contributed by atoms with Crippen LogP contribution in [0.3, 0.4) is 0 Å². The van der Waals surface area contributed by atoms with Gasteiger partial charge in [0.25, 0.3) is 5.91 Å². The molecule has 0 fully saturated rings. The zero-order valence-corrected chi connectivity index (χ0v) is 19.1. The number of carbonyl (C=O) groups excluding carboxylic acids is 1. The van der Waals surface area contributed by atoms with Gasteiger partial charge in [-0.25, -0.2) is 13.4 Å². The fourth-order valence-electron chi connectivity index (χ4n) is 3.40. The van der Waals surface area contributed by atoms with Crippen LogP contribution in [-0.4, -0.2) is 40.4 Å². The Balaban J connectivity index is 1.47. The highest BCUT2D eigenvalue weighted by atomic mass is 32.2. The van der Waals surface area contributed by atoms with Crippen molar-refractivity contribution in [3.05, 3.63) is 96.6 Å². The first kappa shape index (κ1) is 23.6. The molecular formula is C24H21N5O5S. The largest absolute Gasteiger partial charge is 0.481 e. The maximum atomic E-state index is 13.2. The van der Waals surface area contributed by atoms with Crippen LogP contribution in [0.1, 0.15) is 27.6 Å². The van der Waals surface area contributed by atoms with E-state index in [9.17, 15) is 23.1 Å². The number of H-pyrrole nitrogens is 1. The number of amides is 1. The van der Waals surface area contributed by atoms with Gasteiger partial charge < -0.3 is 20.7 Å². The summed E-state index contributed by atoms with van der Waals surface area (Å²) in [6.45, 7) is 0. The Morgan fingerprint density at radius 3 is 2.29 bits per heavy atom. The number of rotatable bonds is 9. The first-order valence-electron chi connectivity index (χ1n) is 10.5. The molecule has 0 radical (unpaired) electrons. The van der Waals surface area contributed by atoms with Crippen molar-refractivity contribution in [2.24, 2.45) is 0 Å². The maximum absolute atomic E-state index is 13.2. The molecule has 0 saturated carbocycles. The molecule has 11 heteroatoms. The number of carboxylic acid groups (broad SMARTS) is 1. The van der Waals surface area contributed by atoms with Crippen LogP contribution < -0.4 is 10.6 Å². The van der Waals surface area contributed by atoms with Crippen LogP contribution in [0.4, 0.5) is 17.3 Å². The Morgan fingerprint density at radius 2 is 1.69 bits per heavy atom. The number of pyridine rings is 1. The number of benzene rings is 2. The van der Waals surface area contributed by atoms with E-state index in [1.54, 1.807) is 42.7 Å². The van der Waals surface area contributed by atoms with Gasteiger partial charge in [-0.05, 0) is 60.2 Å². The lowest BCUT2D eigenvalue weighted by Crippen LogP contribution is -2.18. The minimum absolute atomic E-state index is 0.0565. The molecule has 0 saturated heterocycles. The number of carboxylic acids is 1. The number of nitrogens with one attached hydrogen (secondary N) is 3. The number of sulfone groups is 1. The standard InChI is InChI=1S/C24H21N5O5S/c30-22(31)14-21(17-2-1-11-25-15-17)35(33,34)20-9-7-18(8-10-20)28-23(32)16-3-5-19(6-4-16)29-24-26-12-13-27-24/h1-13,15,21H,14H2,(H,28,32)(H,30,31)(H2,26,27,29). The van der Waals surface area contributed by atoms with E-state index in [0.717, 1.165) is 5.69 Å². The molecule has 0 aliphatic rings. The maximum Gasteiger partial charge on any atom is 0.305 e. The van der Waals surface area contributed by atoms with Crippen molar-refractivity contribution in [2.75, 3.05) is 10.6 Å². The van der Waals surface area contributed by atoms with Gasteiger partial charge in [0.05, 0.1) is 11.3 Å². The molecule has 1 atom stereocenters. The average molecular weight is 492 g/mol. The predicted molar refractivity (Wildman–Crippen MR) is 129 cm³/mol. The van der Waals surface area contributed by atoms with Crippen LogP contribution in [0.15, 0.2) is 90.3 Å². The second kappa shape index (κ2) is 10.2. The smallest absolute Gasteiger partial charge is 0.305 e. The number of hydrogen-bond donors (Lipinski definition) is 4. The van der Waals surface area contributed by atoms with E-state index in [4.69, 9.17) is 0 Å². The molecular weight excluding hydrogens is 470 g/mol. The normalized spacial score (nSPS) is 12.0. The summed E-state index contributed by atoms with van der Waals surface area (Å²) in [5, 5.41) is 13.7. The molecule has 2 heterocycles. The van der Waals surface area contributed by atoms with Crippen LogP contribution in [0.2, 0.25) is 0 Å². The summed E-state index contributed by atoms with van der Waals surface area (Å²) in [7, 11) is -4.02. The first-order chi connectivity index (χ1) is 16.8. The zero-order valence-electron chi connectivity index (χ0n) is 18.3. The van der Waals surface area contributed by atoms with E-state index in [0.29, 0.717) is 17.2 Å². The number of aliphatic carboxylic acids is 1. The van der Waals surface area contributed by atoms with Gasteiger partial charge in [-0.15, -0.1) is 0 Å². The van der Waals surface area contributed by atoms with Crippen LogP contribution in [-0.2, 0) is 14.6 Å². The van der Waals surface area contributed by atoms with Gasteiger partial charge in [0.1, 0.15) is 5.25 Å². The summed E-state index contributed by atoms with van der Waals surface area (Å²) in [5.41, 5.74) is 1.83. The summed E-state index contributed by atoms with van der Waals surface area (Å²) in [6.07, 6.45) is 5.53. The van der Waals surface area contributed by atoms with Crippen LogP contribution in [0.5, 0.6) is 0 Å². The second-order valence-corrected chi connectivity index (χ2v) is 9.67. The van der Waals surface area contributed by atoms with E-state index < -0.39 is 27.5 Å². The fraction of sp³-hybridized carbons (Fsp3) is 0.0833. The highest BCUT2D eigenvalue weighted by Gasteiger charge is 2.31. The lowest BCUT2D eigenvalue weighted by atomic mass is 10.1. The molecule has 0 spiro atoms. The van der Waals surface area contributed by atoms with Crippen LogP contribution in [0, 0.1) is 0 Å². The number of carbonyl (C=O) groups is 2. The zero-order chi connectivity index (χ0) is 24.8. The van der Waals surface area contributed by atoms with Crippen molar-refractivity contribution in [3.8, 4) is 0 Å². The Kier molecular flexibility index (Phi) is 6.88. The van der Waals surface area contributed by atoms with Gasteiger partial charge in [-0.1, -0.05) is 6.07 Å². The van der Waals surface area contributed by atoms with Gasteiger partial charge in [-0.2, -0.15) is 0 Å². The van der Waals surface area contributed by atoms with Crippen molar-refractivity contribution in [1.29, 1.82) is 0 Å². The monoisotopic (exact) mass is 491 g/mol. The van der Waals surface area contributed by atoms with E-state index in [1.165, 1.54) is 42.7 Å². The molecule has 4 N–H and O–H groups in total. The molecule has 10 nitrogen and oxygen atoms in total. The topological polar surface area (TPSA) is 154 Å². The number of hydrogen-bond acceptors (Lipinski definition) is 7. The van der Waals surface area contributed by atoms with Gasteiger partial charge in [0, 0.05) is 41.7 Å². The van der Waals surface area contributed by atoms with Crippen molar-refractivity contribution in [3.63, 3.8) is 0 Å². The third-order valence-corrected chi connectivity index (χ3v) is 7.26. The molecule has 35 heavy (non-hydrogen) atoms. The average Bonchev–Trinajstić information content (AvgIpc) is 3.37. The predicted octanol–water partition coefficient (Wildman–Crippen LogP) is 3.79. The summed E-state index contributed by atoms with van der Waals surface area (Å²) < 4.78 is 26.4. The molecule has 4 aromatic rings. The van der Waals surface area contributed by atoms with Crippen LogP contribution in [0.25, 0.3) is 0 Å². The second-order valence-electron chi connectivity index (χ2n) is 7.54. The van der Waals surface area contributed by atoms with Crippen molar-refractivity contribution in [1.82, 2.24) is 15.0 Å². The molecule has 0 aliphatic carbocycles. The number of imidazole rings is 1. The Hall–Kier alpha value is -4.51. The summed E-state index contributed by atoms with van der Waals surface area (Å²) in [5.74, 6) is -1.03. The molecule has 1 unspecified atom stereocenters. The molecule has 4 rings (SSSR count). The van der Waals surface area contributed by atoms with Gasteiger partial charge >= 0.3 is 5.97 Å². The lowest BCUT2D eigenvalue weighted by Gasteiger charge is -2.16. The summed E-state index contributed by atoms with van der Waals surface area (Å²) >= 11 is 0. The molecule has 1 amide bonds. The minimum atomic E-state index is -4.02. The molecule has 0 bridgehead atoms. The Morgan fingerprint density at radius 1 is 0.971 bits per heavy atom. The SMILES string of the molecule is O=C(O)CC(c1cccnc1)S(=O)(=O)c1ccc(NC(=O)c2ccc(Nc3ncc[nH]3)cc2)cc1. The first-order valence-corrected chi connectivity index (χ1v) is 12.0. The summed E-state index contributed by atoms with van der Waals surface area (Å²) in [6, 6.07) is 15.4. The highest BCUT2D eigenvalue weighted by Crippen LogP contribution is 2.32.